The van der Waals surface area contributed by atoms with E-state index >= 15 is 0 Å². The van der Waals surface area contributed by atoms with Gasteiger partial charge in [-0.05, 0) is 6.92 Å². The van der Waals surface area contributed by atoms with E-state index in [0.717, 1.165) is 6.92 Å². The molecule has 14 heavy (non-hydrogen) atoms. The third kappa shape index (κ3) is 42.0. The van der Waals surface area contributed by atoms with Crippen molar-refractivity contribution in [1.29, 1.82) is 0 Å². The fourth-order valence-corrected chi connectivity index (χ4v) is 0.195. The summed E-state index contributed by atoms with van der Waals surface area (Å²) in [6.07, 6.45) is 0. The van der Waals surface area contributed by atoms with Crippen molar-refractivity contribution < 1.29 is 58.4 Å². The maximum Gasteiger partial charge on any atom is 1.00 e. The van der Waals surface area contributed by atoms with Gasteiger partial charge in [0.05, 0.1) is 0 Å². The van der Waals surface area contributed by atoms with E-state index in [4.69, 9.17) is 9.90 Å². The van der Waals surface area contributed by atoms with Gasteiger partial charge in [0.25, 0.3) is 11.9 Å². The van der Waals surface area contributed by atoms with Gasteiger partial charge in [-0.2, -0.15) is 0 Å². The summed E-state index contributed by atoms with van der Waals surface area (Å²) >= 11 is 0. The predicted molar refractivity (Wildman–Crippen MR) is 41.4 cm³/mol. The molecule has 0 aromatic rings. The smallest absolute Gasteiger partial charge is 0.550 e. The Morgan fingerprint density at radius 2 is 1.21 bits per heavy atom. The van der Waals surface area contributed by atoms with Crippen LogP contribution in [-0.4, -0.2) is 25.6 Å². The van der Waals surface area contributed by atoms with Crippen LogP contribution in [0.1, 0.15) is 20.8 Å². The van der Waals surface area contributed by atoms with Gasteiger partial charge in [0.15, 0.2) is 0 Å². The number of aliphatic carboxylic acids is 1. The molecule has 0 radical (unpaired) electrons. The molecule has 0 spiro atoms. The minimum absolute atomic E-state index is 0. The van der Waals surface area contributed by atoms with Gasteiger partial charge in [0.1, 0.15) is 0 Å². The summed E-state index contributed by atoms with van der Waals surface area (Å²) in [6.45, 7) is 3.45. The molecular formula is C6H10BNaO6. The Balaban J connectivity index is -0.000000209. The average molecular weight is 212 g/mol. The molecule has 8 heteroatoms. The average Bonchev–Trinajstić information content (AvgIpc) is 1.83. The Morgan fingerprint density at radius 1 is 1.00 bits per heavy atom. The van der Waals surface area contributed by atoms with Crippen LogP contribution in [0.4, 0.5) is 0 Å². The molecule has 0 unspecified atom stereocenters. The zero-order valence-corrected chi connectivity index (χ0v) is 10.7. The summed E-state index contributed by atoms with van der Waals surface area (Å²) in [6, 6.07) is 0. The SMILES string of the molecule is CC(=O)OBOC(C)=O.CC(=O)[O-].[Na+]. The number of carboxylic acid groups (broad SMARTS) is 1. The summed E-state index contributed by atoms with van der Waals surface area (Å²) in [5.41, 5.74) is 0. The van der Waals surface area contributed by atoms with E-state index in [-0.39, 0.29) is 37.2 Å². The van der Waals surface area contributed by atoms with Crippen molar-refractivity contribution in [3.05, 3.63) is 0 Å². The third-order valence-corrected chi connectivity index (χ3v) is 0.524. The van der Waals surface area contributed by atoms with Gasteiger partial charge in [-0.15, -0.1) is 0 Å². The number of hydrogen-bond acceptors (Lipinski definition) is 6. The fourth-order valence-electron chi connectivity index (χ4n) is 0.195. The Morgan fingerprint density at radius 3 is 1.36 bits per heavy atom. The molecule has 0 bridgehead atoms. The van der Waals surface area contributed by atoms with Crippen LogP contribution in [0.25, 0.3) is 0 Å². The van der Waals surface area contributed by atoms with Crippen LogP contribution in [0.3, 0.4) is 0 Å². The number of hydrogen-bond donors (Lipinski definition) is 0. The van der Waals surface area contributed by atoms with E-state index < -0.39 is 17.9 Å². The minimum atomic E-state index is -1.08. The number of carbonyl (C=O) groups excluding carboxylic acids is 3. The first-order chi connectivity index (χ1) is 5.86. The molecular weight excluding hydrogens is 202 g/mol. The molecule has 0 amide bonds. The van der Waals surface area contributed by atoms with Crippen LogP contribution < -0.4 is 34.7 Å². The number of carboxylic acids is 1. The van der Waals surface area contributed by atoms with Crippen LogP contribution >= 0.6 is 0 Å². The Bertz CT molecular complexity index is 177. The number of rotatable bonds is 2. The zero-order chi connectivity index (χ0) is 10.9. The third-order valence-electron chi connectivity index (χ3n) is 0.524. The van der Waals surface area contributed by atoms with Crippen molar-refractivity contribution in [3.8, 4) is 0 Å². The van der Waals surface area contributed by atoms with Crippen molar-refractivity contribution in [2.75, 3.05) is 0 Å². The summed E-state index contributed by atoms with van der Waals surface area (Å²) in [5.74, 6) is -2.01. The van der Waals surface area contributed by atoms with Crippen LogP contribution in [0, 0.1) is 0 Å². The largest absolute Gasteiger partial charge is 1.00 e. The van der Waals surface area contributed by atoms with E-state index in [2.05, 4.69) is 9.31 Å². The van der Waals surface area contributed by atoms with Gasteiger partial charge in [0.2, 0.25) is 0 Å². The van der Waals surface area contributed by atoms with Crippen LogP contribution in [0.2, 0.25) is 0 Å². The molecule has 0 aliphatic carbocycles. The second kappa shape index (κ2) is 12.5. The first kappa shape index (κ1) is 19.1. The monoisotopic (exact) mass is 212 g/mol. The second-order valence-corrected chi connectivity index (χ2v) is 1.88. The van der Waals surface area contributed by atoms with Gasteiger partial charge in [-0.3, -0.25) is 9.59 Å². The van der Waals surface area contributed by atoms with Gasteiger partial charge in [-0.1, -0.05) is 0 Å². The maximum absolute atomic E-state index is 10.0. The quantitative estimate of drug-likeness (QED) is 0.426. The van der Waals surface area contributed by atoms with Crippen molar-refractivity contribution in [2.24, 2.45) is 0 Å². The summed E-state index contributed by atoms with van der Waals surface area (Å²) < 4.78 is 8.54. The van der Waals surface area contributed by atoms with Crippen molar-refractivity contribution >= 4 is 25.6 Å². The van der Waals surface area contributed by atoms with Crippen molar-refractivity contribution in [1.82, 2.24) is 0 Å². The van der Waals surface area contributed by atoms with Crippen molar-refractivity contribution in [3.63, 3.8) is 0 Å². The summed E-state index contributed by atoms with van der Waals surface area (Å²) in [4.78, 5) is 28.9. The first-order valence-corrected chi connectivity index (χ1v) is 3.30. The Labute approximate surface area is 105 Å². The first-order valence-electron chi connectivity index (χ1n) is 3.30. The second-order valence-electron chi connectivity index (χ2n) is 1.88. The van der Waals surface area contributed by atoms with Gasteiger partial charge in [0, 0.05) is 19.8 Å². The molecule has 6 nitrogen and oxygen atoms in total. The predicted octanol–water partition coefficient (Wildman–Crippen LogP) is -4.86. The van der Waals surface area contributed by atoms with Crippen LogP contribution in [0.5, 0.6) is 0 Å². The molecule has 0 aromatic heterocycles. The van der Waals surface area contributed by atoms with Crippen LogP contribution in [-0.2, 0) is 23.7 Å². The molecule has 0 heterocycles. The molecule has 0 fully saturated rings. The number of carbonyl (C=O) groups is 3. The van der Waals surface area contributed by atoms with Crippen molar-refractivity contribution in [2.45, 2.75) is 20.8 Å². The normalized spacial score (nSPS) is 6.79. The molecule has 0 rings (SSSR count). The molecule has 0 saturated carbocycles. The summed E-state index contributed by atoms with van der Waals surface area (Å²) in [5, 5.41) is 8.89. The van der Waals surface area contributed by atoms with Crippen LogP contribution in [0.15, 0.2) is 0 Å². The minimum Gasteiger partial charge on any atom is -0.550 e. The van der Waals surface area contributed by atoms with E-state index in [1.165, 1.54) is 13.8 Å². The Kier molecular flexibility index (Phi) is 17.0. The van der Waals surface area contributed by atoms with Gasteiger partial charge < -0.3 is 19.2 Å². The molecule has 0 aromatic carbocycles. The molecule has 0 atom stereocenters. The maximum atomic E-state index is 10.0. The Hall–Kier alpha value is -0.525. The van der Waals surface area contributed by atoms with E-state index in [0.29, 0.717) is 0 Å². The molecule has 0 aliphatic rings. The summed E-state index contributed by atoms with van der Waals surface area (Å²) in [7, 11) is -0.287. The van der Waals surface area contributed by atoms with Gasteiger partial charge >= 0.3 is 37.2 Å². The topological polar surface area (TPSA) is 92.7 Å². The van der Waals surface area contributed by atoms with E-state index in [9.17, 15) is 9.59 Å². The fraction of sp³-hybridized carbons (Fsp3) is 0.500. The molecule has 0 N–H and O–H groups in total. The molecule has 74 valence electrons. The van der Waals surface area contributed by atoms with E-state index in [1.807, 2.05) is 0 Å². The zero-order valence-electron chi connectivity index (χ0n) is 8.66. The van der Waals surface area contributed by atoms with Gasteiger partial charge in [-0.25, -0.2) is 0 Å². The standard InChI is InChI=1S/C4H7BO4.C2H4O2.Na/c1-3(6)8-5-9-4(2)7;1-2(3)4;/h5H,1-2H3;1H3,(H,3,4);/q;;+1/p-1. The van der Waals surface area contributed by atoms with E-state index in [1.54, 1.807) is 0 Å². The molecule has 0 saturated heterocycles. The molecule has 0 aliphatic heterocycles.